The minimum absolute atomic E-state index is 1.21. The monoisotopic (exact) mass is 652 g/mol. The summed E-state index contributed by atoms with van der Waals surface area (Å²) in [5.41, 5.74) is 0. The van der Waals surface area contributed by atoms with Gasteiger partial charge in [-0.15, -0.1) is 0 Å². The van der Waals surface area contributed by atoms with E-state index in [2.05, 4.69) is 0 Å². The van der Waals surface area contributed by atoms with Crippen LogP contribution in [0.5, 0.6) is 0 Å². The first-order chi connectivity index (χ1) is 15.9. The van der Waals surface area contributed by atoms with Gasteiger partial charge in [0.1, 0.15) is 0 Å². The van der Waals surface area contributed by atoms with E-state index in [1.54, 1.807) is 0 Å². The van der Waals surface area contributed by atoms with Crippen molar-refractivity contribution in [3.05, 3.63) is 0 Å². The lowest BCUT2D eigenvalue weighted by Gasteiger charge is -2.49. The van der Waals surface area contributed by atoms with Crippen LogP contribution in [0, 0.1) is 0 Å². The standard InChI is InChI=1S/C10F24O3Si/c11-2(12,13)1(3(14,15)16,4(17,18)19)38(35-8(29,30)5(20,21)22,36-9(31,32)6(23,24)25)37-10(33,34)7(26,27)28. The Morgan fingerprint density at radius 2 is 0.421 bits per heavy atom. The summed E-state index contributed by atoms with van der Waals surface area (Å²) in [6, 6.07) is 0. The van der Waals surface area contributed by atoms with Crippen LogP contribution >= 0.6 is 0 Å². The summed E-state index contributed by atoms with van der Waals surface area (Å²) >= 11 is 0. The molecule has 0 unspecified atom stereocenters. The van der Waals surface area contributed by atoms with Gasteiger partial charge < -0.3 is 13.3 Å². The van der Waals surface area contributed by atoms with Crippen LogP contribution < -0.4 is 0 Å². The van der Waals surface area contributed by atoms with Gasteiger partial charge in [0, 0.05) is 0 Å². The van der Waals surface area contributed by atoms with Gasteiger partial charge in [-0.1, -0.05) is 0 Å². The first-order valence-corrected chi connectivity index (χ1v) is 9.24. The van der Waals surface area contributed by atoms with Crippen LogP contribution in [0.4, 0.5) is 105 Å². The summed E-state index contributed by atoms with van der Waals surface area (Å²) in [7, 11) is -11.5. The summed E-state index contributed by atoms with van der Waals surface area (Å²) < 4.78 is 313. The highest BCUT2D eigenvalue weighted by molar-refractivity contribution is 6.65. The minimum Gasteiger partial charge on any atom is -0.305 e. The molecule has 0 aliphatic rings. The van der Waals surface area contributed by atoms with Crippen LogP contribution in [-0.4, -0.2) is 64.2 Å². The number of hydrogen-bond donors (Lipinski definition) is 0. The summed E-state index contributed by atoms with van der Waals surface area (Å²) in [4.78, 5) is 0. The van der Waals surface area contributed by atoms with Gasteiger partial charge in [-0.2, -0.15) is 105 Å². The van der Waals surface area contributed by atoms with Gasteiger partial charge in [-0.05, 0) is 0 Å². The molecule has 0 aromatic heterocycles. The molecule has 0 atom stereocenters. The van der Waals surface area contributed by atoms with Crippen LogP contribution in [0.25, 0.3) is 0 Å². The van der Waals surface area contributed by atoms with Crippen molar-refractivity contribution < 1.29 is 119 Å². The number of alkyl halides is 24. The fourth-order valence-corrected chi connectivity index (χ4v) is 4.96. The van der Waals surface area contributed by atoms with Gasteiger partial charge in [-0.3, -0.25) is 0 Å². The van der Waals surface area contributed by atoms with E-state index < -0.39 is 69.2 Å². The highest BCUT2D eigenvalue weighted by Gasteiger charge is 3.00. The second-order valence-corrected chi connectivity index (χ2v) is 8.62. The Labute approximate surface area is 189 Å². The Bertz CT molecular complexity index is 716. The molecule has 0 rings (SSSR count). The molecular formula is C10F24O3Si. The fraction of sp³-hybridized carbons (Fsp3) is 1.00. The normalized spacial score (nSPS) is 16.7. The molecule has 0 saturated heterocycles. The predicted octanol–water partition coefficient (Wildman–Crippen LogP) is 7.87. The predicted molar refractivity (Wildman–Crippen MR) is 62.9 cm³/mol. The van der Waals surface area contributed by atoms with Gasteiger partial charge in [-0.25, -0.2) is 0 Å². The maximum absolute atomic E-state index is 13.3. The summed E-state index contributed by atoms with van der Waals surface area (Å²) in [5.74, 6) is 0. The summed E-state index contributed by atoms with van der Waals surface area (Å²) in [6.45, 7) is 0. The molecule has 0 aliphatic carbocycles. The molecule has 3 nitrogen and oxygen atoms in total. The van der Waals surface area contributed by atoms with E-state index in [4.69, 9.17) is 0 Å². The smallest absolute Gasteiger partial charge is 0.305 e. The van der Waals surface area contributed by atoms with E-state index in [9.17, 15) is 105 Å². The Kier molecular flexibility index (Phi) is 8.85. The van der Waals surface area contributed by atoms with Gasteiger partial charge in [0.15, 0.2) is 0 Å². The molecule has 0 N–H and O–H groups in total. The average Bonchev–Trinajstić information content (AvgIpc) is 2.44. The molecule has 0 saturated carbocycles. The molecule has 28 heteroatoms. The van der Waals surface area contributed by atoms with Crippen LogP contribution in [-0.2, 0) is 13.3 Å². The topological polar surface area (TPSA) is 27.7 Å². The molecule has 0 heterocycles. The van der Waals surface area contributed by atoms with E-state index in [-0.39, 0.29) is 0 Å². The van der Waals surface area contributed by atoms with Crippen molar-refractivity contribution in [2.24, 2.45) is 0 Å². The van der Waals surface area contributed by atoms with Crippen LogP contribution in [0.15, 0.2) is 0 Å². The number of halogens is 24. The van der Waals surface area contributed by atoms with E-state index in [0.717, 1.165) is 0 Å². The zero-order valence-corrected chi connectivity index (χ0v) is 16.8. The van der Waals surface area contributed by atoms with Gasteiger partial charge in [0.2, 0.25) is 0 Å². The molecule has 0 bridgehead atoms. The van der Waals surface area contributed by atoms with Gasteiger partial charge in [0.25, 0.3) is 0 Å². The molecule has 0 spiro atoms. The lowest BCUT2D eigenvalue weighted by atomic mass is 10.1. The molecule has 0 radical (unpaired) electrons. The SMILES string of the molecule is FC(F)(F)C(F)(F)O[Si](OC(F)(F)C(F)(F)F)(OC(F)(F)C(F)(F)F)C(C(F)(F)F)(C(F)(F)F)C(F)(F)F. The van der Waals surface area contributed by atoms with Gasteiger partial charge >= 0.3 is 69.2 Å². The summed E-state index contributed by atoms with van der Waals surface area (Å²) in [5, 5.41) is -9.42. The van der Waals surface area contributed by atoms with Crippen molar-refractivity contribution in [3.63, 3.8) is 0 Å². The van der Waals surface area contributed by atoms with Crippen molar-refractivity contribution in [1.29, 1.82) is 0 Å². The van der Waals surface area contributed by atoms with E-state index >= 15 is 0 Å². The van der Waals surface area contributed by atoms with E-state index in [0.29, 0.717) is 0 Å². The molecule has 0 amide bonds. The van der Waals surface area contributed by atoms with Crippen molar-refractivity contribution >= 4 is 8.80 Å². The molecule has 230 valence electrons. The third-order valence-electron chi connectivity index (χ3n) is 3.51. The second-order valence-electron chi connectivity index (χ2n) is 6.15. The maximum atomic E-state index is 13.3. The molecule has 38 heavy (non-hydrogen) atoms. The van der Waals surface area contributed by atoms with Crippen molar-refractivity contribution in [2.75, 3.05) is 0 Å². The van der Waals surface area contributed by atoms with Crippen molar-refractivity contribution in [1.82, 2.24) is 0 Å². The quantitative estimate of drug-likeness (QED) is 0.207. The second kappa shape index (κ2) is 9.23. The fourth-order valence-electron chi connectivity index (χ4n) is 1.97. The average molecular weight is 652 g/mol. The van der Waals surface area contributed by atoms with Crippen LogP contribution in [0.3, 0.4) is 0 Å². The lowest BCUT2D eigenvalue weighted by Crippen LogP contribution is -2.78. The lowest BCUT2D eigenvalue weighted by molar-refractivity contribution is -0.445. The summed E-state index contributed by atoms with van der Waals surface area (Å²) in [6.07, 6.45) is -76.9. The first kappa shape index (κ1) is 36.4. The Balaban J connectivity index is 8.59. The maximum Gasteiger partial charge on any atom is 0.550 e. The van der Waals surface area contributed by atoms with E-state index in [1.165, 1.54) is 13.3 Å². The third kappa shape index (κ3) is 6.09. The van der Waals surface area contributed by atoms with Crippen molar-refractivity contribution in [2.45, 2.75) is 60.4 Å². The molecule has 0 aliphatic heterocycles. The Morgan fingerprint density at radius 1 is 0.263 bits per heavy atom. The largest absolute Gasteiger partial charge is 0.550 e. The van der Waals surface area contributed by atoms with E-state index in [1.807, 2.05) is 0 Å². The Morgan fingerprint density at radius 3 is 0.526 bits per heavy atom. The first-order valence-electron chi connectivity index (χ1n) is 7.51. The highest BCUT2D eigenvalue weighted by atomic mass is 28.4. The molecule has 0 aromatic carbocycles. The number of hydrogen-bond acceptors (Lipinski definition) is 3. The van der Waals surface area contributed by atoms with Crippen LogP contribution in [0.1, 0.15) is 0 Å². The van der Waals surface area contributed by atoms with Crippen molar-refractivity contribution in [3.8, 4) is 0 Å². The molecular weight excluding hydrogens is 652 g/mol. The zero-order chi connectivity index (χ0) is 31.6. The third-order valence-corrected chi connectivity index (χ3v) is 6.86. The Hall–Kier alpha value is -1.58. The number of rotatable bonds is 7. The van der Waals surface area contributed by atoms with Crippen LogP contribution in [0.2, 0.25) is 5.04 Å². The van der Waals surface area contributed by atoms with Gasteiger partial charge in [0.05, 0.1) is 0 Å². The molecule has 0 aromatic rings. The highest BCUT2D eigenvalue weighted by Crippen LogP contribution is 2.72. The minimum atomic E-state index is -11.5. The molecule has 0 fully saturated rings. The zero-order valence-electron chi connectivity index (χ0n) is 15.8.